The van der Waals surface area contributed by atoms with Crippen LogP contribution in [0.3, 0.4) is 0 Å². The molecule has 6 heteroatoms. The monoisotopic (exact) mass is 297 g/mol. The van der Waals surface area contributed by atoms with Gasteiger partial charge < -0.3 is 15.5 Å². The third-order valence-corrected chi connectivity index (χ3v) is 4.19. The fraction of sp³-hybridized carbons (Fsp3) is 0.429. The predicted molar refractivity (Wildman–Crippen MR) is 78.6 cm³/mol. The first-order valence-corrected chi connectivity index (χ1v) is 7.41. The van der Waals surface area contributed by atoms with Crippen LogP contribution in [0.2, 0.25) is 0 Å². The lowest BCUT2D eigenvalue weighted by molar-refractivity contribution is -0.140. The van der Waals surface area contributed by atoms with Crippen molar-refractivity contribution in [1.29, 1.82) is 0 Å². The van der Waals surface area contributed by atoms with Crippen LogP contribution < -0.4 is 5.32 Å². The molecule has 110 valence electrons. The lowest BCUT2D eigenvalue weighted by Gasteiger charge is -2.23. The maximum Gasteiger partial charge on any atom is 0.326 e. The molecule has 1 aromatic rings. The summed E-state index contributed by atoms with van der Waals surface area (Å²) in [6.07, 6.45) is 0.715. The number of aliphatic carboxylic acids is 1. The molecular formula is C14H19NO4S. The van der Waals surface area contributed by atoms with Crippen LogP contribution in [0.5, 0.6) is 0 Å². The second-order valence-corrected chi connectivity index (χ2v) is 5.76. The molecular weight excluding hydrogens is 278 g/mol. The Morgan fingerprint density at radius 3 is 2.65 bits per heavy atom. The molecule has 1 rings (SSSR count). The number of aliphatic hydroxyl groups is 1. The lowest BCUT2D eigenvalue weighted by atomic mass is 9.99. The standard InChI is InChI=1S/C14H19NO4S/c1-14(19,11-5-3-2-4-6-11)9-20-8-7-12(13(17)18)15-10-16/h2-6,10,12,19H,7-9H2,1H3,(H,15,16)(H,17,18). The van der Waals surface area contributed by atoms with E-state index in [0.717, 1.165) is 5.56 Å². The number of carboxylic acids is 1. The molecule has 1 aromatic carbocycles. The minimum Gasteiger partial charge on any atom is -0.480 e. The minimum atomic E-state index is -1.05. The molecule has 0 fully saturated rings. The second-order valence-electron chi connectivity index (χ2n) is 4.66. The van der Waals surface area contributed by atoms with Crippen molar-refractivity contribution in [2.24, 2.45) is 0 Å². The molecule has 2 atom stereocenters. The van der Waals surface area contributed by atoms with Crippen molar-refractivity contribution in [2.75, 3.05) is 11.5 Å². The van der Waals surface area contributed by atoms with E-state index in [2.05, 4.69) is 5.32 Å². The topological polar surface area (TPSA) is 86.6 Å². The first kappa shape index (κ1) is 16.5. The van der Waals surface area contributed by atoms with Gasteiger partial charge >= 0.3 is 5.97 Å². The first-order chi connectivity index (χ1) is 9.47. The van der Waals surface area contributed by atoms with Crippen LogP contribution in [0.15, 0.2) is 30.3 Å². The highest BCUT2D eigenvalue weighted by Gasteiger charge is 2.23. The van der Waals surface area contributed by atoms with Gasteiger partial charge in [-0.1, -0.05) is 30.3 Å². The predicted octanol–water partition coefficient (Wildman–Crippen LogP) is 1.22. The number of carbonyl (C=O) groups is 2. The Bertz CT molecular complexity index is 436. The Balaban J connectivity index is 2.40. The van der Waals surface area contributed by atoms with Gasteiger partial charge in [0.1, 0.15) is 6.04 Å². The number of carbonyl (C=O) groups excluding carboxylic acids is 1. The largest absolute Gasteiger partial charge is 0.480 e. The number of carboxylic acid groups (broad SMARTS) is 1. The summed E-state index contributed by atoms with van der Waals surface area (Å²) in [6, 6.07) is 8.45. The van der Waals surface area contributed by atoms with E-state index >= 15 is 0 Å². The van der Waals surface area contributed by atoms with Gasteiger partial charge in [-0.2, -0.15) is 11.8 Å². The van der Waals surface area contributed by atoms with Crippen molar-refractivity contribution in [1.82, 2.24) is 5.32 Å². The Kier molecular flexibility index (Phi) is 6.54. The fourth-order valence-electron chi connectivity index (χ4n) is 1.71. The van der Waals surface area contributed by atoms with Gasteiger partial charge in [-0.25, -0.2) is 4.79 Å². The van der Waals surface area contributed by atoms with Crippen LogP contribution in [-0.4, -0.2) is 40.1 Å². The molecule has 0 aromatic heterocycles. The minimum absolute atomic E-state index is 0.323. The van der Waals surface area contributed by atoms with Crippen molar-refractivity contribution in [3.63, 3.8) is 0 Å². The van der Waals surface area contributed by atoms with Crippen LogP contribution in [-0.2, 0) is 15.2 Å². The zero-order valence-electron chi connectivity index (χ0n) is 11.3. The lowest BCUT2D eigenvalue weighted by Crippen LogP contribution is -2.36. The SMILES string of the molecule is CC(O)(CSCCC(NC=O)C(=O)O)c1ccccc1. The van der Waals surface area contributed by atoms with E-state index in [1.54, 1.807) is 6.92 Å². The van der Waals surface area contributed by atoms with Crippen LogP contribution in [0, 0.1) is 0 Å². The second kappa shape index (κ2) is 7.91. The van der Waals surface area contributed by atoms with Gasteiger partial charge in [0.2, 0.25) is 6.41 Å². The Morgan fingerprint density at radius 2 is 2.10 bits per heavy atom. The smallest absolute Gasteiger partial charge is 0.326 e. The molecule has 2 unspecified atom stereocenters. The Hall–Kier alpha value is -1.53. The highest BCUT2D eigenvalue weighted by Crippen LogP contribution is 2.25. The van der Waals surface area contributed by atoms with Crippen LogP contribution in [0.4, 0.5) is 0 Å². The molecule has 0 aliphatic carbocycles. The summed E-state index contributed by atoms with van der Waals surface area (Å²) in [7, 11) is 0. The van der Waals surface area contributed by atoms with E-state index in [0.29, 0.717) is 24.3 Å². The van der Waals surface area contributed by atoms with Crippen molar-refractivity contribution < 1.29 is 19.8 Å². The zero-order valence-corrected chi connectivity index (χ0v) is 12.1. The molecule has 0 aliphatic heterocycles. The van der Waals surface area contributed by atoms with E-state index in [-0.39, 0.29) is 0 Å². The number of hydrogen-bond acceptors (Lipinski definition) is 4. The molecule has 0 heterocycles. The van der Waals surface area contributed by atoms with E-state index in [9.17, 15) is 14.7 Å². The van der Waals surface area contributed by atoms with Crippen molar-refractivity contribution in [2.45, 2.75) is 25.0 Å². The molecule has 3 N–H and O–H groups in total. The van der Waals surface area contributed by atoms with Crippen molar-refractivity contribution in [3.05, 3.63) is 35.9 Å². The maximum absolute atomic E-state index is 10.8. The summed E-state index contributed by atoms with van der Waals surface area (Å²) in [5.41, 5.74) is -0.128. The summed E-state index contributed by atoms with van der Waals surface area (Å²) in [5.74, 6) is -0.0434. The fourth-order valence-corrected chi connectivity index (χ4v) is 2.82. The summed E-state index contributed by atoms with van der Waals surface area (Å²) in [4.78, 5) is 21.1. The maximum atomic E-state index is 10.8. The van der Waals surface area contributed by atoms with E-state index in [1.165, 1.54) is 11.8 Å². The number of benzene rings is 1. The summed E-state index contributed by atoms with van der Waals surface area (Å²) < 4.78 is 0. The van der Waals surface area contributed by atoms with Crippen molar-refractivity contribution in [3.8, 4) is 0 Å². The number of hydrogen-bond donors (Lipinski definition) is 3. The van der Waals surface area contributed by atoms with Gasteiger partial charge in [-0.3, -0.25) is 4.79 Å². The van der Waals surface area contributed by atoms with Gasteiger partial charge in [0.15, 0.2) is 0 Å². The van der Waals surface area contributed by atoms with Crippen LogP contribution in [0.1, 0.15) is 18.9 Å². The van der Waals surface area contributed by atoms with Crippen molar-refractivity contribution >= 4 is 24.1 Å². The van der Waals surface area contributed by atoms with Gasteiger partial charge in [-0.05, 0) is 24.7 Å². The van der Waals surface area contributed by atoms with Crippen LogP contribution in [0.25, 0.3) is 0 Å². The molecule has 5 nitrogen and oxygen atoms in total. The molecule has 0 saturated carbocycles. The number of rotatable bonds is 9. The quantitative estimate of drug-likeness (QED) is 0.471. The summed E-state index contributed by atoms with van der Waals surface area (Å²) in [6.45, 7) is 1.73. The molecule has 0 spiro atoms. The highest BCUT2D eigenvalue weighted by molar-refractivity contribution is 7.99. The molecule has 0 saturated heterocycles. The van der Waals surface area contributed by atoms with E-state index < -0.39 is 17.6 Å². The van der Waals surface area contributed by atoms with Gasteiger partial charge in [-0.15, -0.1) is 0 Å². The summed E-state index contributed by atoms with van der Waals surface area (Å²) >= 11 is 1.46. The summed E-state index contributed by atoms with van der Waals surface area (Å²) in [5, 5.41) is 21.5. The Labute approximate surface area is 122 Å². The third-order valence-electron chi connectivity index (χ3n) is 2.90. The van der Waals surface area contributed by atoms with Crippen LogP contribution >= 0.6 is 11.8 Å². The van der Waals surface area contributed by atoms with Gasteiger partial charge in [0.25, 0.3) is 0 Å². The average molecular weight is 297 g/mol. The number of nitrogens with one attached hydrogen (secondary N) is 1. The van der Waals surface area contributed by atoms with Gasteiger partial charge in [0, 0.05) is 5.75 Å². The Morgan fingerprint density at radius 1 is 1.45 bits per heavy atom. The molecule has 0 aliphatic rings. The number of thioether (sulfide) groups is 1. The highest BCUT2D eigenvalue weighted by atomic mass is 32.2. The zero-order chi connectivity index (χ0) is 15.0. The molecule has 0 bridgehead atoms. The first-order valence-electron chi connectivity index (χ1n) is 6.25. The molecule has 0 radical (unpaired) electrons. The average Bonchev–Trinajstić information content (AvgIpc) is 2.43. The van der Waals surface area contributed by atoms with E-state index in [1.807, 2.05) is 30.3 Å². The molecule has 1 amide bonds. The van der Waals surface area contributed by atoms with E-state index in [4.69, 9.17) is 5.11 Å². The third kappa shape index (κ3) is 5.22. The normalized spacial score (nSPS) is 15.1. The number of amides is 1. The molecule has 20 heavy (non-hydrogen) atoms. The van der Waals surface area contributed by atoms with Gasteiger partial charge in [0.05, 0.1) is 5.60 Å².